The van der Waals surface area contributed by atoms with Crippen LogP contribution in [0.3, 0.4) is 0 Å². The van der Waals surface area contributed by atoms with Gasteiger partial charge in [0, 0.05) is 25.5 Å². The highest BCUT2D eigenvalue weighted by molar-refractivity contribution is 5.39. The van der Waals surface area contributed by atoms with Crippen LogP contribution in [0.2, 0.25) is 0 Å². The predicted octanol–water partition coefficient (Wildman–Crippen LogP) is 0.167. The van der Waals surface area contributed by atoms with Gasteiger partial charge in [-0.05, 0) is 19.1 Å². The number of aromatic nitrogens is 2. The molecule has 1 atom stereocenters. The van der Waals surface area contributed by atoms with Gasteiger partial charge in [0.05, 0.1) is 17.9 Å². The highest BCUT2D eigenvalue weighted by atomic mass is 16.3. The Hall–Kier alpha value is -1.43. The molecule has 2 rings (SSSR count). The smallest absolute Gasteiger partial charge is 0.137 e. The predicted molar refractivity (Wildman–Crippen MR) is 64.6 cm³/mol. The van der Waals surface area contributed by atoms with Gasteiger partial charge in [-0.25, -0.2) is 4.98 Å². The lowest BCUT2D eigenvalue weighted by Gasteiger charge is -2.20. The van der Waals surface area contributed by atoms with Crippen LogP contribution < -0.4 is 5.32 Å². The minimum absolute atomic E-state index is 0.259. The fraction of sp³-hybridized carbons (Fsp3) is 0.417. The molecule has 1 unspecified atom stereocenters. The summed E-state index contributed by atoms with van der Waals surface area (Å²) in [5, 5.41) is 21.6. The summed E-state index contributed by atoms with van der Waals surface area (Å²) in [5.41, 5.74) is 0.724. The van der Waals surface area contributed by atoms with Gasteiger partial charge in [0.15, 0.2) is 0 Å². The number of pyridine rings is 1. The largest absolute Gasteiger partial charge is 0.393 e. The second-order valence-corrected chi connectivity index (χ2v) is 4.46. The lowest BCUT2D eigenvalue weighted by Crippen LogP contribution is -2.40. The molecule has 0 amide bonds. The molecule has 0 spiro atoms. The summed E-state index contributed by atoms with van der Waals surface area (Å²) in [5.74, 6) is 0. The molecule has 0 fully saturated rings. The van der Waals surface area contributed by atoms with E-state index >= 15 is 0 Å². The molecule has 3 N–H and O–H groups in total. The van der Waals surface area contributed by atoms with Crippen LogP contribution >= 0.6 is 0 Å². The molecule has 0 aliphatic heterocycles. The molecule has 92 valence electrons. The summed E-state index contributed by atoms with van der Waals surface area (Å²) in [6.45, 7) is 2.23. The Morgan fingerprint density at radius 2 is 2.29 bits per heavy atom. The van der Waals surface area contributed by atoms with Crippen molar-refractivity contribution in [2.45, 2.75) is 19.1 Å². The molecule has 5 heteroatoms. The van der Waals surface area contributed by atoms with E-state index in [-0.39, 0.29) is 6.61 Å². The molecule has 5 nitrogen and oxygen atoms in total. The van der Waals surface area contributed by atoms with E-state index in [4.69, 9.17) is 5.11 Å². The topological polar surface area (TPSA) is 69.8 Å². The summed E-state index contributed by atoms with van der Waals surface area (Å²) in [4.78, 5) is 4.41. The van der Waals surface area contributed by atoms with Crippen molar-refractivity contribution in [2.24, 2.45) is 0 Å². The minimum Gasteiger partial charge on any atom is -0.393 e. The minimum atomic E-state index is -1.08. The molecular formula is C12H17N3O2. The molecule has 0 aliphatic carbocycles. The number of nitrogens with one attached hydrogen (secondary N) is 1. The van der Waals surface area contributed by atoms with Crippen molar-refractivity contribution in [2.75, 3.05) is 13.2 Å². The number of nitrogens with zero attached hydrogens (tertiary/aromatic N) is 2. The highest BCUT2D eigenvalue weighted by Crippen LogP contribution is 2.05. The maximum Gasteiger partial charge on any atom is 0.137 e. The average Bonchev–Trinajstić information content (AvgIpc) is 2.71. The fourth-order valence-corrected chi connectivity index (χ4v) is 1.59. The van der Waals surface area contributed by atoms with Gasteiger partial charge in [-0.2, -0.15) is 0 Å². The molecule has 0 aromatic carbocycles. The van der Waals surface area contributed by atoms with Crippen LogP contribution in [0.1, 0.15) is 12.6 Å². The Morgan fingerprint density at radius 3 is 3.00 bits per heavy atom. The van der Waals surface area contributed by atoms with E-state index in [9.17, 15) is 5.11 Å². The van der Waals surface area contributed by atoms with Crippen molar-refractivity contribution in [3.63, 3.8) is 0 Å². The van der Waals surface area contributed by atoms with E-state index in [0.29, 0.717) is 13.1 Å². The van der Waals surface area contributed by atoms with Gasteiger partial charge in [0.2, 0.25) is 0 Å². The zero-order chi connectivity index (χ0) is 12.3. The Kier molecular flexibility index (Phi) is 3.42. The first-order chi connectivity index (χ1) is 8.11. The van der Waals surface area contributed by atoms with E-state index < -0.39 is 5.60 Å². The van der Waals surface area contributed by atoms with E-state index in [1.807, 2.05) is 35.0 Å². The third-order valence-corrected chi connectivity index (χ3v) is 2.57. The van der Waals surface area contributed by atoms with E-state index in [0.717, 1.165) is 11.3 Å². The summed E-state index contributed by atoms with van der Waals surface area (Å²) in [6, 6.07) is 5.83. The third kappa shape index (κ3) is 3.03. The summed E-state index contributed by atoms with van der Waals surface area (Å²) < 4.78 is 1.95. The van der Waals surface area contributed by atoms with Crippen molar-refractivity contribution in [1.82, 2.24) is 14.7 Å². The zero-order valence-corrected chi connectivity index (χ0v) is 9.80. The molecule has 2 aromatic heterocycles. The van der Waals surface area contributed by atoms with Crippen LogP contribution in [-0.4, -0.2) is 38.4 Å². The van der Waals surface area contributed by atoms with Crippen molar-refractivity contribution < 1.29 is 10.2 Å². The fourth-order valence-electron chi connectivity index (χ4n) is 1.59. The lowest BCUT2D eigenvalue weighted by atomic mass is 10.1. The number of hydrogen-bond acceptors (Lipinski definition) is 4. The van der Waals surface area contributed by atoms with Crippen LogP contribution in [0.25, 0.3) is 5.65 Å². The number of aliphatic hydroxyl groups is 2. The standard InChI is InChI=1S/C12H17N3O2/c1-12(17,9-16)8-13-6-10-7-15-5-3-2-4-11(15)14-10/h2-5,7,13,16-17H,6,8-9H2,1H3. The van der Waals surface area contributed by atoms with Gasteiger partial charge in [-0.3, -0.25) is 0 Å². The second kappa shape index (κ2) is 4.83. The number of imidazole rings is 1. The molecule has 2 heterocycles. The van der Waals surface area contributed by atoms with Crippen LogP contribution in [0.4, 0.5) is 0 Å². The molecule has 17 heavy (non-hydrogen) atoms. The zero-order valence-electron chi connectivity index (χ0n) is 9.80. The quantitative estimate of drug-likeness (QED) is 0.691. The summed E-state index contributed by atoms with van der Waals surface area (Å²) >= 11 is 0. The number of fused-ring (bicyclic) bond motifs is 1. The van der Waals surface area contributed by atoms with Gasteiger partial charge in [0.1, 0.15) is 5.65 Å². The monoisotopic (exact) mass is 235 g/mol. The van der Waals surface area contributed by atoms with Crippen molar-refractivity contribution >= 4 is 5.65 Å². The second-order valence-electron chi connectivity index (χ2n) is 4.46. The molecular weight excluding hydrogens is 218 g/mol. The molecule has 0 radical (unpaired) electrons. The maximum atomic E-state index is 9.60. The van der Waals surface area contributed by atoms with Crippen LogP contribution in [-0.2, 0) is 6.54 Å². The molecule has 0 aliphatic rings. The number of aliphatic hydroxyl groups excluding tert-OH is 1. The van der Waals surface area contributed by atoms with Gasteiger partial charge in [-0.15, -0.1) is 0 Å². The molecule has 2 aromatic rings. The first-order valence-corrected chi connectivity index (χ1v) is 5.57. The van der Waals surface area contributed by atoms with Crippen LogP contribution in [0, 0.1) is 0 Å². The summed E-state index contributed by atoms with van der Waals surface area (Å²) in [7, 11) is 0. The molecule has 0 saturated carbocycles. The van der Waals surface area contributed by atoms with Crippen molar-refractivity contribution in [3.05, 3.63) is 36.3 Å². The Balaban J connectivity index is 1.95. The van der Waals surface area contributed by atoms with Crippen LogP contribution in [0.5, 0.6) is 0 Å². The molecule has 0 saturated heterocycles. The lowest BCUT2D eigenvalue weighted by molar-refractivity contribution is 0.00249. The van der Waals surface area contributed by atoms with Gasteiger partial charge in [-0.1, -0.05) is 6.07 Å². The normalized spacial score (nSPS) is 15.0. The van der Waals surface area contributed by atoms with E-state index in [2.05, 4.69) is 10.3 Å². The third-order valence-electron chi connectivity index (χ3n) is 2.57. The van der Waals surface area contributed by atoms with Gasteiger partial charge < -0.3 is 19.9 Å². The maximum absolute atomic E-state index is 9.60. The van der Waals surface area contributed by atoms with Crippen molar-refractivity contribution in [1.29, 1.82) is 0 Å². The van der Waals surface area contributed by atoms with Gasteiger partial charge in [0.25, 0.3) is 0 Å². The Labute approximate surface area is 99.7 Å². The summed E-state index contributed by atoms with van der Waals surface area (Å²) in [6.07, 6.45) is 3.88. The molecule has 0 bridgehead atoms. The van der Waals surface area contributed by atoms with Crippen LogP contribution in [0.15, 0.2) is 30.6 Å². The Morgan fingerprint density at radius 1 is 1.47 bits per heavy atom. The Bertz CT molecular complexity index is 460. The van der Waals surface area contributed by atoms with Crippen molar-refractivity contribution in [3.8, 4) is 0 Å². The number of rotatable bonds is 5. The van der Waals surface area contributed by atoms with Gasteiger partial charge >= 0.3 is 0 Å². The highest BCUT2D eigenvalue weighted by Gasteiger charge is 2.17. The van der Waals surface area contributed by atoms with E-state index in [1.54, 1.807) is 6.92 Å². The SMILES string of the molecule is CC(O)(CO)CNCc1cn2ccccc2n1. The first-order valence-electron chi connectivity index (χ1n) is 5.57. The average molecular weight is 235 g/mol. The number of hydrogen-bond donors (Lipinski definition) is 3. The first kappa shape index (κ1) is 12.0. The van der Waals surface area contributed by atoms with E-state index in [1.165, 1.54) is 0 Å².